The van der Waals surface area contributed by atoms with Gasteiger partial charge < -0.3 is 10.6 Å². The van der Waals surface area contributed by atoms with E-state index in [1.54, 1.807) is 12.3 Å². The number of alkyl halides is 3. The lowest BCUT2D eigenvalue weighted by molar-refractivity contribution is -0.137. The maximum absolute atomic E-state index is 14.6. The Balaban J connectivity index is 1.88. The molecule has 11 heteroatoms. The van der Waals surface area contributed by atoms with Gasteiger partial charge in [-0.2, -0.15) is 13.2 Å². The van der Waals surface area contributed by atoms with Crippen LogP contribution in [0.5, 0.6) is 0 Å². The third-order valence-electron chi connectivity index (χ3n) is 5.98. The zero-order valence-electron chi connectivity index (χ0n) is 18.8. The van der Waals surface area contributed by atoms with Crippen molar-refractivity contribution in [1.82, 2.24) is 20.6 Å². The lowest BCUT2D eigenvalue weighted by atomic mass is 9.82. The first-order valence-electron chi connectivity index (χ1n) is 11.1. The molecule has 2 aromatic heterocycles. The minimum Gasteiger partial charge on any atom is -0.335 e. The molecule has 0 saturated heterocycles. The highest BCUT2D eigenvalue weighted by Crippen LogP contribution is 2.38. The summed E-state index contributed by atoms with van der Waals surface area (Å²) in [6.45, 7) is 1.78. The first kappa shape index (κ1) is 25.4. The third kappa shape index (κ3) is 5.92. The zero-order valence-corrected chi connectivity index (χ0v) is 20.3. The zero-order chi connectivity index (χ0) is 25.2. The molecule has 0 spiro atoms. The summed E-state index contributed by atoms with van der Waals surface area (Å²) >= 11 is 7.31. The fourth-order valence-corrected chi connectivity index (χ4v) is 5.31. The third-order valence-corrected chi connectivity index (χ3v) is 7.17. The number of carbonyl (C=O) groups excluding carboxylic acids is 1. The number of halogens is 5. The van der Waals surface area contributed by atoms with Crippen LogP contribution in [0.4, 0.5) is 22.4 Å². The van der Waals surface area contributed by atoms with E-state index in [0.717, 1.165) is 37.8 Å². The summed E-state index contributed by atoms with van der Waals surface area (Å²) in [6, 6.07) is 4.65. The van der Waals surface area contributed by atoms with Crippen LogP contribution in [-0.4, -0.2) is 22.0 Å². The van der Waals surface area contributed by atoms with Crippen LogP contribution in [-0.2, 0) is 18.1 Å². The second-order valence-electron chi connectivity index (χ2n) is 8.63. The average Bonchev–Trinajstić information content (AvgIpc) is 3.44. The van der Waals surface area contributed by atoms with Crippen molar-refractivity contribution in [2.45, 2.75) is 56.8 Å². The summed E-state index contributed by atoms with van der Waals surface area (Å²) in [4.78, 5) is 22.0. The Morgan fingerprint density at radius 2 is 1.89 bits per heavy atom. The Kier molecular flexibility index (Phi) is 7.32. The molecule has 1 atom stereocenters. The maximum Gasteiger partial charge on any atom is 0.416 e. The largest absolute Gasteiger partial charge is 0.416 e. The Labute approximate surface area is 208 Å². The first-order chi connectivity index (χ1) is 16.5. The summed E-state index contributed by atoms with van der Waals surface area (Å²) in [7, 11) is 0. The maximum atomic E-state index is 14.6. The summed E-state index contributed by atoms with van der Waals surface area (Å²) in [5.41, 5.74) is -2.00. The predicted molar refractivity (Wildman–Crippen MR) is 126 cm³/mol. The molecule has 2 N–H and O–H groups in total. The van der Waals surface area contributed by atoms with Crippen LogP contribution in [0.1, 0.15) is 53.2 Å². The number of rotatable bonds is 6. The molecular formula is C24H23ClF4N4OS. The van der Waals surface area contributed by atoms with Gasteiger partial charge in [-0.1, -0.05) is 24.4 Å². The summed E-state index contributed by atoms with van der Waals surface area (Å²) in [6.07, 6.45) is 0.0726. The van der Waals surface area contributed by atoms with E-state index in [-0.39, 0.29) is 23.7 Å². The van der Waals surface area contributed by atoms with E-state index < -0.39 is 29.1 Å². The van der Waals surface area contributed by atoms with Crippen molar-refractivity contribution in [2.75, 3.05) is 0 Å². The van der Waals surface area contributed by atoms with Gasteiger partial charge in [0.2, 0.25) is 0 Å². The smallest absolute Gasteiger partial charge is 0.335 e. The second-order valence-corrected chi connectivity index (χ2v) is 10.0. The predicted octanol–water partition coefficient (Wildman–Crippen LogP) is 6.39. The lowest BCUT2D eigenvalue weighted by Crippen LogP contribution is -2.54. The standard InChI is InChI=1S/C24H23ClF4N4OS/c1-14-13-35-21(31-14)11-23(20-7-6-17(25)12-30-20,33-22(34)32-19-4-2-3-5-19)15-8-16(24(27,28)29)10-18(26)9-15/h6-10,12-13,19H,2-5,11H2,1H3,(H2,32,33,34). The van der Waals surface area contributed by atoms with Gasteiger partial charge in [-0.25, -0.2) is 14.2 Å². The molecule has 1 aromatic carbocycles. The van der Waals surface area contributed by atoms with Gasteiger partial charge in [0.05, 0.1) is 21.3 Å². The summed E-state index contributed by atoms with van der Waals surface area (Å²) in [5.74, 6) is -1.08. The van der Waals surface area contributed by atoms with Gasteiger partial charge >= 0.3 is 12.2 Å². The minimum atomic E-state index is -4.79. The molecule has 1 aliphatic carbocycles. The summed E-state index contributed by atoms with van der Waals surface area (Å²) in [5, 5.41) is 8.39. The number of carbonyl (C=O) groups is 1. The number of benzene rings is 1. The normalized spacial score (nSPS) is 16.2. The number of hydrogen-bond acceptors (Lipinski definition) is 4. The first-order valence-corrected chi connectivity index (χ1v) is 12.3. The molecule has 0 bridgehead atoms. The molecule has 3 aromatic rings. The monoisotopic (exact) mass is 526 g/mol. The number of thiazole rings is 1. The summed E-state index contributed by atoms with van der Waals surface area (Å²) < 4.78 is 55.5. The van der Waals surface area contributed by atoms with Crippen LogP contribution >= 0.6 is 22.9 Å². The van der Waals surface area contributed by atoms with E-state index in [0.29, 0.717) is 21.8 Å². The van der Waals surface area contributed by atoms with E-state index in [2.05, 4.69) is 20.6 Å². The Morgan fingerprint density at radius 1 is 1.17 bits per heavy atom. The van der Waals surface area contributed by atoms with Crippen LogP contribution in [0.2, 0.25) is 5.02 Å². The molecule has 1 fully saturated rings. The molecule has 2 amide bonds. The minimum absolute atomic E-state index is 0.0427. The van der Waals surface area contributed by atoms with Crippen LogP contribution < -0.4 is 10.6 Å². The molecule has 5 nitrogen and oxygen atoms in total. The Morgan fingerprint density at radius 3 is 2.49 bits per heavy atom. The highest BCUT2D eigenvalue weighted by Gasteiger charge is 2.42. The molecule has 1 aliphatic rings. The molecule has 0 radical (unpaired) electrons. The molecule has 1 saturated carbocycles. The fourth-order valence-electron chi connectivity index (χ4n) is 4.35. The Hall–Kier alpha value is -2.72. The molecule has 2 heterocycles. The van der Waals surface area contributed by atoms with Crippen molar-refractivity contribution in [1.29, 1.82) is 0 Å². The highest BCUT2D eigenvalue weighted by molar-refractivity contribution is 7.09. The SMILES string of the molecule is Cc1csc(CC(NC(=O)NC2CCCC2)(c2cc(F)cc(C(F)(F)F)c2)c2ccc(Cl)cn2)n1. The number of aromatic nitrogens is 2. The van der Waals surface area contributed by atoms with Gasteiger partial charge in [0.1, 0.15) is 11.4 Å². The van der Waals surface area contributed by atoms with E-state index in [4.69, 9.17) is 11.6 Å². The van der Waals surface area contributed by atoms with Gasteiger partial charge in [-0.05, 0) is 55.7 Å². The van der Waals surface area contributed by atoms with Crippen LogP contribution in [0, 0.1) is 12.7 Å². The lowest BCUT2D eigenvalue weighted by Gasteiger charge is -2.35. The van der Waals surface area contributed by atoms with E-state index >= 15 is 0 Å². The number of amides is 2. The van der Waals surface area contributed by atoms with Crippen LogP contribution in [0.3, 0.4) is 0 Å². The van der Waals surface area contributed by atoms with Gasteiger partial charge in [-0.15, -0.1) is 11.3 Å². The topological polar surface area (TPSA) is 66.9 Å². The molecule has 35 heavy (non-hydrogen) atoms. The molecular weight excluding hydrogens is 504 g/mol. The quantitative estimate of drug-likeness (QED) is 0.366. The average molecular weight is 527 g/mol. The number of nitrogens with one attached hydrogen (secondary N) is 2. The highest BCUT2D eigenvalue weighted by atomic mass is 35.5. The molecule has 4 rings (SSSR count). The number of urea groups is 1. The van der Waals surface area contributed by atoms with Crippen molar-refractivity contribution in [3.8, 4) is 0 Å². The van der Waals surface area contributed by atoms with Crippen molar-refractivity contribution in [3.05, 3.63) is 80.3 Å². The molecule has 0 aliphatic heterocycles. The van der Waals surface area contributed by atoms with Crippen molar-refractivity contribution >= 4 is 29.0 Å². The number of hydrogen-bond donors (Lipinski definition) is 2. The van der Waals surface area contributed by atoms with Crippen molar-refractivity contribution < 1.29 is 22.4 Å². The molecule has 1 unspecified atom stereocenters. The van der Waals surface area contributed by atoms with E-state index in [1.807, 2.05) is 0 Å². The Bertz CT molecular complexity index is 1190. The van der Waals surface area contributed by atoms with Crippen LogP contribution in [0.25, 0.3) is 0 Å². The van der Waals surface area contributed by atoms with Gasteiger partial charge in [0.15, 0.2) is 0 Å². The van der Waals surface area contributed by atoms with Crippen molar-refractivity contribution in [3.63, 3.8) is 0 Å². The van der Waals surface area contributed by atoms with Gasteiger partial charge in [0, 0.05) is 29.7 Å². The van der Waals surface area contributed by atoms with Gasteiger partial charge in [0.25, 0.3) is 0 Å². The van der Waals surface area contributed by atoms with E-state index in [9.17, 15) is 22.4 Å². The van der Waals surface area contributed by atoms with Gasteiger partial charge in [-0.3, -0.25) is 4.98 Å². The van der Waals surface area contributed by atoms with E-state index in [1.165, 1.54) is 29.7 Å². The molecule has 186 valence electrons. The fraction of sp³-hybridized carbons (Fsp3) is 0.375. The number of aryl methyl sites for hydroxylation is 1. The van der Waals surface area contributed by atoms with Crippen LogP contribution in [0.15, 0.2) is 41.9 Å². The second kappa shape index (κ2) is 10.1. The van der Waals surface area contributed by atoms with Crippen molar-refractivity contribution in [2.24, 2.45) is 0 Å². The number of pyridine rings is 1. The number of nitrogens with zero attached hydrogens (tertiary/aromatic N) is 2.